The van der Waals surface area contributed by atoms with Crippen LogP contribution in [0.4, 0.5) is 10.7 Å². The second-order valence-electron chi connectivity index (χ2n) is 5.88. The standard InChI is InChI=1S/C15H24N4O3/c1-10(18-14(20)22-15(2,3)4)7-6-8-11-9-17-13(16)19-12(11)21-5/h6,8-10H,7H2,1-5H3,(H,18,20)(H2,16,17,19)/b8-6-/t10-/m0/s1. The molecule has 1 aromatic heterocycles. The molecule has 0 saturated heterocycles. The Morgan fingerprint density at radius 1 is 1.50 bits per heavy atom. The fraction of sp³-hybridized carbons (Fsp3) is 0.533. The van der Waals surface area contributed by atoms with Gasteiger partial charge in [-0.2, -0.15) is 4.98 Å². The molecular formula is C15H24N4O3. The average Bonchev–Trinajstić information content (AvgIpc) is 2.37. The zero-order valence-corrected chi connectivity index (χ0v) is 13.7. The molecule has 0 unspecified atom stereocenters. The zero-order valence-electron chi connectivity index (χ0n) is 13.7. The van der Waals surface area contributed by atoms with Crippen molar-refractivity contribution < 1.29 is 14.3 Å². The minimum Gasteiger partial charge on any atom is -0.480 e. The Morgan fingerprint density at radius 2 is 2.18 bits per heavy atom. The van der Waals surface area contributed by atoms with E-state index < -0.39 is 11.7 Å². The molecule has 122 valence electrons. The fourth-order valence-corrected chi connectivity index (χ4v) is 1.63. The van der Waals surface area contributed by atoms with Gasteiger partial charge in [-0.1, -0.05) is 12.2 Å². The van der Waals surface area contributed by atoms with E-state index in [1.165, 1.54) is 7.11 Å². The van der Waals surface area contributed by atoms with Gasteiger partial charge in [-0.15, -0.1) is 0 Å². The Bertz CT molecular complexity index is 538. The fourth-order valence-electron chi connectivity index (χ4n) is 1.63. The first-order valence-electron chi connectivity index (χ1n) is 7.04. The van der Waals surface area contributed by atoms with Crippen molar-refractivity contribution in [3.63, 3.8) is 0 Å². The van der Waals surface area contributed by atoms with Crippen molar-refractivity contribution in [3.8, 4) is 5.88 Å². The molecule has 0 aliphatic heterocycles. The van der Waals surface area contributed by atoms with Gasteiger partial charge >= 0.3 is 6.09 Å². The van der Waals surface area contributed by atoms with Crippen LogP contribution in [0.25, 0.3) is 6.08 Å². The summed E-state index contributed by atoms with van der Waals surface area (Å²) >= 11 is 0. The van der Waals surface area contributed by atoms with Crippen LogP contribution in [-0.2, 0) is 4.74 Å². The number of aromatic nitrogens is 2. The van der Waals surface area contributed by atoms with Gasteiger partial charge in [-0.25, -0.2) is 9.78 Å². The number of hydrogen-bond acceptors (Lipinski definition) is 6. The summed E-state index contributed by atoms with van der Waals surface area (Å²) in [7, 11) is 1.52. The lowest BCUT2D eigenvalue weighted by molar-refractivity contribution is 0.0509. The number of carbonyl (C=O) groups excluding carboxylic acids is 1. The Hall–Kier alpha value is -2.31. The van der Waals surface area contributed by atoms with Gasteiger partial charge in [-0.3, -0.25) is 0 Å². The lowest BCUT2D eigenvalue weighted by Crippen LogP contribution is -2.37. The normalized spacial score (nSPS) is 13.0. The van der Waals surface area contributed by atoms with Crippen molar-refractivity contribution in [1.29, 1.82) is 0 Å². The van der Waals surface area contributed by atoms with Gasteiger partial charge in [0.2, 0.25) is 11.8 Å². The smallest absolute Gasteiger partial charge is 0.407 e. The number of hydrogen-bond donors (Lipinski definition) is 2. The Kier molecular flexibility index (Phi) is 6.15. The van der Waals surface area contributed by atoms with Crippen LogP contribution in [0.5, 0.6) is 5.88 Å². The number of methoxy groups -OCH3 is 1. The molecule has 0 spiro atoms. The van der Waals surface area contributed by atoms with E-state index in [0.29, 0.717) is 12.3 Å². The quantitative estimate of drug-likeness (QED) is 0.866. The van der Waals surface area contributed by atoms with Crippen molar-refractivity contribution in [1.82, 2.24) is 15.3 Å². The summed E-state index contributed by atoms with van der Waals surface area (Å²) in [5, 5.41) is 2.77. The van der Waals surface area contributed by atoms with Crippen LogP contribution < -0.4 is 15.8 Å². The number of nitrogens with zero attached hydrogens (tertiary/aromatic N) is 2. The molecule has 0 fully saturated rings. The molecule has 7 nitrogen and oxygen atoms in total. The number of rotatable bonds is 5. The molecule has 0 bridgehead atoms. The first-order valence-corrected chi connectivity index (χ1v) is 7.04. The summed E-state index contributed by atoms with van der Waals surface area (Å²) in [5.74, 6) is 0.575. The van der Waals surface area contributed by atoms with Crippen LogP contribution in [-0.4, -0.2) is 34.8 Å². The molecule has 7 heteroatoms. The zero-order chi connectivity index (χ0) is 16.8. The van der Waals surface area contributed by atoms with Crippen LogP contribution in [0.2, 0.25) is 0 Å². The number of anilines is 1. The molecule has 1 atom stereocenters. The van der Waals surface area contributed by atoms with E-state index in [4.69, 9.17) is 15.2 Å². The Balaban J connectivity index is 2.53. The van der Waals surface area contributed by atoms with E-state index in [9.17, 15) is 4.79 Å². The van der Waals surface area contributed by atoms with Gasteiger partial charge in [0.05, 0.1) is 12.7 Å². The molecule has 1 amide bonds. The maximum atomic E-state index is 11.6. The molecule has 0 saturated carbocycles. The van der Waals surface area contributed by atoms with Gasteiger partial charge < -0.3 is 20.5 Å². The van der Waals surface area contributed by atoms with Crippen molar-refractivity contribution >= 4 is 18.1 Å². The van der Waals surface area contributed by atoms with E-state index in [2.05, 4.69) is 15.3 Å². The number of nitrogens with one attached hydrogen (secondary N) is 1. The highest BCUT2D eigenvalue weighted by atomic mass is 16.6. The summed E-state index contributed by atoms with van der Waals surface area (Å²) in [6, 6.07) is -0.0632. The topological polar surface area (TPSA) is 99.4 Å². The Morgan fingerprint density at radius 3 is 2.77 bits per heavy atom. The third-order valence-electron chi connectivity index (χ3n) is 2.54. The number of amides is 1. The van der Waals surface area contributed by atoms with E-state index in [1.54, 1.807) is 6.20 Å². The highest BCUT2D eigenvalue weighted by molar-refractivity contribution is 5.68. The monoisotopic (exact) mass is 308 g/mol. The summed E-state index contributed by atoms with van der Waals surface area (Å²) in [6.07, 6.45) is 5.52. The van der Waals surface area contributed by atoms with Gasteiger partial charge in [0, 0.05) is 12.2 Å². The molecular weight excluding hydrogens is 284 g/mol. The number of nitrogen functional groups attached to an aromatic ring is 1. The number of carbonyl (C=O) groups is 1. The van der Waals surface area contributed by atoms with Gasteiger partial charge in [0.25, 0.3) is 0 Å². The van der Waals surface area contributed by atoms with Crippen LogP contribution in [0.3, 0.4) is 0 Å². The van der Waals surface area contributed by atoms with Crippen LogP contribution in [0.1, 0.15) is 39.7 Å². The predicted octanol–water partition coefficient (Wildman–Crippen LogP) is 2.38. The van der Waals surface area contributed by atoms with Crippen LogP contribution in [0.15, 0.2) is 12.3 Å². The third-order valence-corrected chi connectivity index (χ3v) is 2.54. The van der Waals surface area contributed by atoms with Crippen LogP contribution >= 0.6 is 0 Å². The van der Waals surface area contributed by atoms with Crippen molar-refractivity contribution in [2.75, 3.05) is 12.8 Å². The van der Waals surface area contributed by atoms with Crippen molar-refractivity contribution in [2.45, 2.75) is 45.8 Å². The van der Waals surface area contributed by atoms with Gasteiger partial charge in [-0.05, 0) is 34.1 Å². The maximum absolute atomic E-state index is 11.6. The molecule has 3 N–H and O–H groups in total. The predicted molar refractivity (Wildman–Crippen MR) is 85.5 cm³/mol. The summed E-state index contributed by atoms with van der Waals surface area (Å²) in [4.78, 5) is 19.5. The van der Waals surface area contributed by atoms with Crippen molar-refractivity contribution in [3.05, 3.63) is 17.8 Å². The SMILES string of the molecule is COc1nc(N)ncc1/C=C\C[C@H](C)NC(=O)OC(C)(C)C. The molecule has 1 heterocycles. The van der Waals surface area contributed by atoms with E-state index >= 15 is 0 Å². The summed E-state index contributed by atoms with van der Waals surface area (Å²) < 4.78 is 10.3. The summed E-state index contributed by atoms with van der Waals surface area (Å²) in [5.41, 5.74) is 5.72. The minimum atomic E-state index is -0.506. The average molecular weight is 308 g/mol. The number of ether oxygens (including phenoxy) is 2. The second-order valence-corrected chi connectivity index (χ2v) is 5.88. The molecule has 1 aromatic rings. The van der Waals surface area contributed by atoms with Gasteiger partial charge in [0.1, 0.15) is 5.60 Å². The Labute approximate surface area is 130 Å². The van der Waals surface area contributed by atoms with Crippen molar-refractivity contribution in [2.24, 2.45) is 0 Å². The van der Waals surface area contributed by atoms with Crippen LogP contribution in [0, 0.1) is 0 Å². The molecule has 22 heavy (non-hydrogen) atoms. The highest BCUT2D eigenvalue weighted by Crippen LogP contribution is 2.16. The lowest BCUT2D eigenvalue weighted by Gasteiger charge is -2.21. The molecule has 1 rings (SSSR count). The van der Waals surface area contributed by atoms with E-state index in [1.807, 2.05) is 39.8 Å². The second kappa shape index (κ2) is 7.63. The highest BCUT2D eigenvalue weighted by Gasteiger charge is 2.17. The first-order chi connectivity index (χ1) is 10.2. The van der Waals surface area contributed by atoms with E-state index in [-0.39, 0.29) is 12.0 Å². The number of alkyl carbamates (subject to hydrolysis) is 1. The largest absolute Gasteiger partial charge is 0.480 e. The van der Waals surface area contributed by atoms with E-state index in [0.717, 1.165) is 5.56 Å². The first kappa shape index (κ1) is 17.7. The molecule has 0 aliphatic rings. The molecule has 0 aliphatic carbocycles. The maximum Gasteiger partial charge on any atom is 0.407 e. The lowest BCUT2D eigenvalue weighted by atomic mass is 10.2. The summed E-state index contributed by atoms with van der Waals surface area (Å²) in [6.45, 7) is 7.37. The third kappa shape index (κ3) is 6.43. The van der Waals surface area contributed by atoms with Gasteiger partial charge in [0.15, 0.2) is 0 Å². The molecule has 0 aromatic carbocycles. The number of nitrogens with two attached hydrogens (primary N) is 1. The molecule has 0 radical (unpaired) electrons. The minimum absolute atomic E-state index is 0.0632.